The van der Waals surface area contributed by atoms with E-state index in [1.807, 2.05) is 0 Å². The maximum absolute atomic E-state index is 12.2. The Morgan fingerprint density at radius 3 is 1.78 bits per heavy atom. The summed E-state index contributed by atoms with van der Waals surface area (Å²) in [6.45, 7) is -0.265. The quantitative estimate of drug-likeness (QED) is 0.790. The number of halogens is 3. The van der Waals surface area contributed by atoms with Crippen molar-refractivity contribution in [1.29, 1.82) is 0 Å². The van der Waals surface area contributed by atoms with Crippen molar-refractivity contribution < 1.29 is 34.2 Å². The van der Waals surface area contributed by atoms with Crippen molar-refractivity contribution in [2.75, 3.05) is 6.61 Å². The molecule has 0 aromatic carbocycles. The van der Waals surface area contributed by atoms with Gasteiger partial charge < -0.3 is 0 Å². The summed E-state index contributed by atoms with van der Waals surface area (Å²) in [6, 6.07) is 0. The first-order chi connectivity index (χ1) is 10.4. The molecule has 1 N–H and O–H groups in total. The molecule has 4 saturated carbocycles. The summed E-state index contributed by atoms with van der Waals surface area (Å²) in [6.07, 6.45) is 5.73. The lowest BCUT2D eigenvalue weighted by Crippen LogP contribution is -2.49. The minimum atomic E-state index is -6.00. The largest absolute Gasteiger partial charge is 0.512 e. The summed E-state index contributed by atoms with van der Waals surface area (Å²) in [5, 5.41) is 0. The highest BCUT2D eigenvalue weighted by atomic mass is 32.3. The first kappa shape index (κ1) is 17.4. The average Bonchev–Trinajstić information content (AvgIpc) is 2.32. The van der Waals surface area contributed by atoms with E-state index < -0.39 is 25.8 Å². The molecule has 0 unspecified atom stereocenters. The first-order valence-electron chi connectivity index (χ1n) is 7.39. The van der Waals surface area contributed by atoms with Crippen LogP contribution in [0.1, 0.15) is 38.5 Å². The van der Waals surface area contributed by atoms with Gasteiger partial charge in [0.1, 0.15) is 0 Å². The van der Waals surface area contributed by atoms with E-state index in [2.05, 4.69) is 4.18 Å². The summed E-state index contributed by atoms with van der Waals surface area (Å²) in [5.41, 5.74) is -6.06. The van der Waals surface area contributed by atoms with Crippen LogP contribution in [-0.2, 0) is 24.5 Å². The summed E-state index contributed by atoms with van der Waals surface area (Å²) in [4.78, 5) is 0. The standard InChI is InChI=1S/C12H18F3NO5S2/c13-12(14,15)22(17,18)16-23(19,20)21-7-11-4-8-1-9(5-11)3-10(2-8)6-11/h8-10,16H,1-7H2. The van der Waals surface area contributed by atoms with Crippen LogP contribution in [0.5, 0.6) is 0 Å². The molecule has 0 heterocycles. The van der Waals surface area contributed by atoms with Gasteiger partial charge in [0.2, 0.25) is 0 Å². The SMILES string of the molecule is O=S(=O)(NS(=O)(=O)C(F)(F)F)OCC12CC3CC(CC(C3)C1)C2. The zero-order valence-electron chi connectivity index (χ0n) is 12.2. The van der Waals surface area contributed by atoms with Crippen molar-refractivity contribution in [3.63, 3.8) is 0 Å². The Bertz CT molecular complexity index is 651. The first-order valence-corrected chi connectivity index (χ1v) is 10.3. The van der Waals surface area contributed by atoms with E-state index in [1.54, 1.807) is 0 Å². The zero-order chi connectivity index (χ0) is 17.1. The smallest absolute Gasteiger partial charge is 0.257 e. The van der Waals surface area contributed by atoms with Gasteiger partial charge >= 0.3 is 25.8 Å². The van der Waals surface area contributed by atoms with Crippen molar-refractivity contribution in [2.45, 2.75) is 44.0 Å². The highest BCUT2D eigenvalue weighted by molar-refractivity contribution is 8.03. The molecule has 4 rings (SSSR count). The van der Waals surface area contributed by atoms with Crippen molar-refractivity contribution in [3.05, 3.63) is 0 Å². The average molecular weight is 377 g/mol. The fourth-order valence-electron chi connectivity index (χ4n) is 4.88. The van der Waals surface area contributed by atoms with Crippen LogP contribution in [0, 0.1) is 23.2 Å². The molecule has 0 radical (unpaired) electrons. The van der Waals surface area contributed by atoms with E-state index in [-0.39, 0.29) is 12.0 Å². The van der Waals surface area contributed by atoms with E-state index in [1.165, 1.54) is 0 Å². The molecule has 11 heteroatoms. The highest BCUT2D eigenvalue weighted by Crippen LogP contribution is 2.60. The summed E-state index contributed by atoms with van der Waals surface area (Å²) < 4.78 is 86.9. The Morgan fingerprint density at radius 2 is 1.39 bits per heavy atom. The van der Waals surface area contributed by atoms with Crippen LogP contribution in [0.2, 0.25) is 0 Å². The van der Waals surface area contributed by atoms with Crippen LogP contribution in [0.4, 0.5) is 13.2 Å². The van der Waals surface area contributed by atoms with E-state index in [0.29, 0.717) is 21.9 Å². The monoisotopic (exact) mass is 377 g/mol. The lowest BCUT2D eigenvalue weighted by molar-refractivity contribution is -0.0737. The van der Waals surface area contributed by atoms with Gasteiger partial charge in [0, 0.05) is 0 Å². The second-order valence-corrected chi connectivity index (χ2v) is 10.4. The van der Waals surface area contributed by atoms with E-state index in [4.69, 9.17) is 0 Å². The number of hydrogen-bond acceptors (Lipinski definition) is 5. The molecule has 23 heavy (non-hydrogen) atoms. The van der Waals surface area contributed by atoms with Gasteiger partial charge in [0.15, 0.2) is 0 Å². The Labute approximate surface area is 133 Å². The van der Waals surface area contributed by atoms with Gasteiger partial charge in [-0.25, -0.2) is 8.42 Å². The molecule has 134 valence electrons. The normalized spacial score (nSPS) is 37.3. The lowest BCUT2D eigenvalue weighted by atomic mass is 9.50. The maximum Gasteiger partial charge on any atom is 0.512 e. The predicted octanol–water partition coefficient (Wildman–Crippen LogP) is 1.90. The van der Waals surface area contributed by atoms with Gasteiger partial charge in [-0.15, -0.1) is 0 Å². The van der Waals surface area contributed by atoms with Crippen molar-refractivity contribution in [1.82, 2.24) is 4.13 Å². The molecule has 0 saturated heterocycles. The molecule has 4 bridgehead atoms. The topological polar surface area (TPSA) is 89.5 Å². The molecule has 4 aliphatic rings. The van der Waals surface area contributed by atoms with E-state index >= 15 is 0 Å². The Kier molecular flexibility index (Phi) is 4.02. The van der Waals surface area contributed by atoms with E-state index in [0.717, 1.165) is 38.5 Å². The van der Waals surface area contributed by atoms with Gasteiger partial charge in [-0.1, -0.05) is 4.13 Å². The van der Waals surface area contributed by atoms with Gasteiger partial charge in [0.25, 0.3) is 0 Å². The molecule has 4 aliphatic carbocycles. The third-order valence-corrected chi connectivity index (χ3v) is 7.93. The molecule has 0 aromatic heterocycles. The van der Waals surface area contributed by atoms with Gasteiger partial charge in [-0.3, -0.25) is 4.18 Å². The van der Waals surface area contributed by atoms with Crippen LogP contribution in [0.25, 0.3) is 0 Å². The maximum atomic E-state index is 12.2. The molecule has 6 nitrogen and oxygen atoms in total. The number of hydrogen-bond donors (Lipinski definition) is 1. The molecule has 4 fully saturated rings. The molecule has 0 aliphatic heterocycles. The third-order valence-electron chi connectivity index (χ3n) is 5.20. The van der Waals surface area contributed by atoms with Crippen LogP contribution >= 0.6 is 0 Å². The molecule has 0 amide bonds. The van der Waals surface area contributed by atoms with Gasteiger partial charge in [-0.2, -0.15) is 21.6 Å². The van der Waals surface area contributed by atoms with Crippen LogP contribution < -0.4 is 4.13 Å². The third kappa shape index (κ3) is 3.52. The van der Waals surface area contributed by atoms with E-state index in [9.17, 15) is 30.0 Å². The lowest BCUT2D eigenvalue weighted by Gasteiger charge is -2.56. The molecule has 0 aromatic rings. The fourth-order valence-corrected chi connectivity index (χ4v) is 6.93. The number of nitrogens with one attached hydrogen (secondary N) is 1. The van der Waals surface area contributed by atoms with Crippen molar-refractivity contribution in [2.24, 2.45) is 23.2 Å². The van der Waals surface area contributed by atoms with Crippen LogP contribution in [0.15, 0.2) is 0 Å². The zero-order valence-corrected chi connectivity index (χ0v) is 13.8. The molecular formula is C12H18F3NO5S2. The minimum absolute atomic E-state index is 0.265. The summed E-state index contributed by atoms with van der Waals surface area (Å²) in [5.74, 6) is 1.54. The Hall–Kier alpha value is -0.390. The number of alkyl halides is 3. The summed E-state index contributed by atoms with van der Waals surface area (Å²) in [7, 11) is -11.0. The molecule has 0 spiro atoms. The Balaban J connectivity index is 1.66. The second-order valence-electron chi connectivity index (χ2n) is 7.17. The Morgan fingerprint density at radius 1 is 0.957 bits per heavy atom. The van der Waals surface area contributed by atoms with Crippen LogP contribution in [-0.4, -0.2) is 29.0 Å². The molecule has 0 atom stereocenters. The summed E-state index contributed by atoms with van der Waals surface area (Å²) >= 11 is 0. The molecular weight excluding hydrogens is 359 g/mol. The highest BCUT2D eigenvalue weighted by Gasteiger charge is 2.52. The fraction of sp³-hybridized carbons (Fsp3) is 1.00. The second kappa shape index (κ2) is 5.30. The number of sulfonamides is 1. The predicted molar refractivity (Wildman–Crippen MR) is 73.6 cm³/mol. The van der Waals surface area contributed by atoms with Crippen molar-refractivity contribution in [3.8, 4) is 0 Å². The van der Waals surface area contributed by atoms with Gasteiger partial charge in [0.05, 0.1) is 6.61 Å². The minimum Gasteiger partial charge on any atom is -0.257 e. The number of rotatable bonds is 5. The van der Waals surface area contributed by atoms with Crippen LogP contribution in [0.3, 0.4) is 0 Å². The van der Waals surface area contributed by atoms with Crippen molar-refractivity contribution >= 4 is 20.3 Å². The van der Waals surface area contributed by atoms with Gasteiger partial charge in [-0.05, 0) is 61.7 Å².